The van der Waals surface area contributed by atoms with E-state index in [0.717, 1.165) is 0 Å². The third-order valence-corrected chi connectivity index (χ3v) is 3.40. The van der Waals surface area contributed by atoms with Crippen molar-refractivity contribution in [2.45, 2.75) is 18.9 Å². The van der Waals surface area contributed by atoms with Crippen LogP contribution in [0.1, 0.15) is 24.5 Å². The van der Waals surface area contributed by atoms with Crippen LogP contribution in [0.15, 0.2) is 48.5 Å². The zero-order valence-electron chi connectivity index (χ0n) is 10.0. The van der Waals surface area contributed by atoms with Crippen LogP contribution in [0.5, 0.6) is 0 Å². The van der Waals surface area contributed by atoms with Crippen LogP contribution >= 0.6 is 11.6 Å². The minimum Gasteiger partial charge on any atom is -0.380 e. The van der Waals surface area contributed by atoms with Gasteiger partial charge in [-0.3, -0.25) is 0 Å². The maximum Gasteiger partial charge on any atom is 0.129 e. The number of aliphatic hydroxyl groups is 1. The Kier molecular flexibility index (Phi) is 3.69. The van der Waals surface area contributed by atoms with Crippen LogP contribution < -0.4 is 0 Å². The highest BCUT2D eigenvalue weighted by Gasteiger charge is 2.31. The van der Waals surface area contributed by atoms with Crippen LogP contribution in [0.2, 0.25) is 5.02 Å². The van der Waals surface area contributed by atoms with Crippen LogP contribution in [0.4, 0.5) is 4.39 Å². The summed E-state index contributed by atoms with van der Waals surface area (Å²) in [4.78, 5) is 0. The molecule has 0 radical (unpaired) electrons. The van der Waals surface area contributed by atoms with Gasteiger partial charge >= 0.3 is 0 Å². The van der Waals surface area contributed by atoms with Gasteiger partial charge in [-0.05, 0) is 30.2 Å². The predicted molar refractivity (Wildman–Crippen MR) is 71.1 cm³/mol. The fourth-order valence-corrected chi connectivity index (χ4v) is 2.20. The molecule has 0 aliphatic carbocycles. The Hall–Kier alpha value is -1.38. The molecule has 1 unspecified atom stereocenters. The first-order valence-electron chi connectivity index (χ1n) is 5.81. The fourth-order valence-electron chi connectivity index (χ4n) is 2.07. The zero-order chi connectivity index (χ0) is 13.2. The Bertz CT molecular complexity index is 538. The minimum atomic E-state index is -1.32. The lowest BCUT2D eigenvalue weighted by molar-refractivity contribution is 0.0726. The molecule has 0 heterocycles. The molecule has 18 heavy (non-hydrogen) atoms. The molecular formula is C15H14ClFO. The summed E-state index contributed by atoms with van der Waals surface area (Å²) < 4.78 is 13.9. The first kappa shape index (κ1) is 13.1. The summed E-state index contributed by atoms with van der Waals surface area (Å²) in [5, 5.41) is 11.3. The highest BCUT2D eigenvalue weighted by molar-refractivity contribution is 6.30. The predicted octanol–water partition coefficient (Wildman–Crippen LogP) is 4.13. The number of benzene rings is 2. The van der Waals surface area contributed by atoms with Gasteiger partial charge in [0.25, 0.3) is 0 Å². The molecule has 1 N–H and O–H groups in total. The van der Waals surface area contributed by atoms with Gasteiger partial charge in [0.05, 0.1) is 0 Å². The van der Waals surface area contributed by atoms with Gasteiger partial charge in [0.15, 0.2) is 0 Å². The topological polar surface area (TPSA) is 20.2 Å². The lowest BCUT2D eigenvalue weighted by atomic mass is 9.84. The number of rotatable bonds is 3. The average molecular weight is 265 g/mol. The van der Waals surface area contributed by atoms with Gasteiger partial charge in [-0.25, -0.2) is 4.39 Å². The molecule has 2 aromatic carbocycles. The second-order valence-corrected chi connectivity index (χ2v) is 4.64. The molecule has 2 rings (SSSR count). The second kappa shape index (κ2) is 5.09. The number of halogens is 2. The summed E-state index contributed by atoms with van der Waals surface area (Å²) in [7, 11) is 0. The van der Waals surface area contributed by atoms with Crippen molar-refractivity contribution in [3.05, 3.63) is 70.5 Å². The lowest BCUT2D eigenvalue weighted by Crippen LogP contribution is -2.27. The van der Waals surface area contributed by atoms with Gasteiger partial charge in [0.2, 0.25) is 0 Å². The van der Waals surface area contributed by atoms with E-state index in [1.807, 2.05) is 6.92 Å². The van der Waals surface area contributed by atoms with Gasteiger partial charge in [-0.1, -0.05) is 48.9 Å². The van der Waals surface area contributed by atoms with Gasteiger partial charge < -0.3 is 5.11 Å². The Morgan fingerprint density at radius 1 is 1.11 bits per heavy atom. The van der Waals surface area contributed by atoms with E-state index in [4.69, 9.17) is 11.6 Å². The molecule has 0 spiro atoms. The monoisotopic (exact) mass is 264 g/mol. The summed E-state index contributed by atoms with van der Waals surface area (Å²) in [6, 6.07) is 13.1. The van der Waals surface area contributed by atoms with E-state index in [2.05, 4.69) is 0 Å². The van der Waals surface area contributed by atoms with Crippen LogP contribution in [0, 0.1) is 5.82 Å². The standard InChI is InChI=1S/C15H14ClFO/c1-2-15(18,11-7-9-12(16)10-8-11)13-5-3-4-6-14(13)17/h3-10,18H,2H2,1H3. The third kappa shape index (κ3) is 2.26. The Balaban J connectivity index is 2.55. The van der Waals surface area contributed by atoms with Crippen molar-refractivity contribution in [1.29, 1.82) is 0 Å². The van der Waals surface area contributed by atoms with E-state index in [1.54, 1.807) is 42.5 Å². The highest BCUT2D eigenvalue weighted by Crippen LogP contribution is 2.34. The van der Waals surface area contributed by atoms with Crippen molar-refractivity contribution < 1.29 is 9.50 Å². The molecule has 0 amide bonds. The molecule has 0 fully saturated rings. The number of hydrogen-bond acceptors (Lipinski definition) is 1. The molecular weight excluding hydrogens is 251 g/mol. The summed E-state index contributed by atoms with van der Waals surface area (Å²) in [5.41, 5.74) is -0.398. The average Bonchev–Trinajstić information content (AvgIpc) is 2.39. The lowest BCUT2D eigenvalue weighted by Gasteiger charge is -2.28. The van der Waals surface area contributed by atoms with E-state index >= 15 is 0 Å². The van der Waals surface area contributed by atoms with Gasteiger partial charge in [-0.15, -0.1) is 0 Å². The van der Waals surface area contributed by atoms with Crippen molar-refractivity contribution in [2.24, 2.45) is 0 Å². The smallest absolute Gasteiger partial charge is 0.129 e. The SMILES string of the molecule is CCC(O)(c1ccc(Cl)cc1)c1ccccc1F. The summed E-state index contributed by atoms with van der Waals surface area (Å²) in [5.74, 6) is -0.406. The molecule has 0 aliphatic rings. The molecule has 1 atom stereocenters. The zero-order valence-corrected chi connectivity index (χ0v) is 10.8. The molecule has 0 saturated carbocycles. The van der Waals surface area contributed by atoms with Crippen LogP contribution in [-0.4, -0.2) is 5.11 Å². The van der Waals surface area contributed by atoms with E-state index in [1.165, 1.54) is 6.07 Å². The molecule has 1 nitrogen and oxygen atoms in total. The van der Waals surface area contributed by atoms with Gasteiger partial charge in [0, 0.05) is 10.6 Å². The van der Waals surface area contributed by atoms with E-state index in [0.29, 0.717) is 17.0 Å². The van der Waals surface area contributed by atoms with Crippen molar-refractivity contribution in [1.82, 2.24) is 0 Å². The maximum atomic E-state index is 13.9. The second-order valence-electron chi connectivity index (χ2n) is 4.20. The molecule has 2 aromatic rings. The summed E-state index contributed by atoms with van der Waals surface area (Å²) >= 11 is 5.83. The summed E-state index contributed by atoms with van der Waals surface area (Å²) in [6.07, 6.45) is 0.384. The Morgan fingerprint density at radius 2 is 1.72 bits per heavy atom. The molecule has 94 valence electrons. The van der Waals surface area contributed by atoms with Crippen molar-refractivity contribution in [3.63, 3.8) is 0 Å². The maximum absolute atomic E-state index is 13.9. The molecule has 0 bridgehead atoms. The quantitative estimate of drug-likeness (QED) is 0.884. The normalized spacial score (nSPS) is 14.2. The molecule has 0 saturated heterocycles. The summed E-state index contributed by atoms with van der Waals surface area (Å²) in [6.45, 7) is 1.82. The molecule has 0 aromatic heterocycles. The van der Waals surface area contributed by atoms with Crippen LogP contribution in [0.25, 0.3) is 0 Å². The fraction of sp³-hybridized carbons (Fsp3) is 0.200. The van der Waals surface area contributed by atoms with Crippen molar-refractivity contribution >= 4 is 11.6 Å². The van der Waals surface area contributed by atoms with Crippen molar-refractivity contribution in [3.8, 4) is 0 Å². The van der Waals surface area contributed by atoms with E-state index < -0.39 is 11.4 Å². The van der Waals surface area contributed by atoms with E-state index in [9.17, 15) is 9.50 Å². The van der Waals surface area contributed by atoms with Gasteiger partial charge in [0.1, 0.15) is 11.4 Å². The first-order valence-corrected chi connectivity index (χ1v) is 6.19. The number of hydrogen-bond donors (Lipinski definition) is 1. The van der Waals surface area contributed by atoms with Crippen LogP contribution in [0.3, 0.4) is 0 Å². The van der Waals surface area contributed by atoms with Crippen LogP contribution in [-0.2, 0) is 5.60 Å². The Labute approximate surface area is 111 Å². The molecule has 0 aliphatic heterocycles. The third-order valence-electron chi connectivity index (χ3n) is 3.15. The van der Waals surface area contributed by atoms with E-state index in [-0.39, 0.29) is 5.56 Å². The van der Waals surface area contributed by atoms with Gasteiger partial charge in [-0.2, -0.15) is 0 Å². The highest BCUT2D eigenvalue weighted by atomic mass is 35.5. The molecule has 3 heteroatoms. The Morgan fingerprint density at radius 3 is 2.28 bits per heavy atom. The minimum absolute atomic E-state index is 0.287. The largest absolute Gasteiger partial charge is 0.380 e. The van der Waals surface area contributed by atoms with Crippen molar-refractivity contribution in [2.75, 3.05) is 0 Å². The first-order chi connectivity index (χ1) is 8.58.